The smallest absolute Gasteiger partial charge is 0.138 e. The Morgan fingerprint density at radius 1 is 1.50 bits per heavy atom. The highest BCUT2D eigenvalue weighted by atomic mass is 35.5. The molecule has 0 saturated carbocycles. The summed E-state index contributed by atoms with van der Waals surface area (Å²) in [7, 11) is 0. The summed E-state index contributed by atoms with van der Waals surface area (Å²) in [5.41, 5.74) is 0.855. The Kier molecular flexibility index (Phi) is 3.44. The number of halogens is 1. The predicted molar refractivity (Wildman–Crippen MR) is 58.6 cm³/mol. The number of hydrogen-bond acceptors (Lipinski definition) is 5. The third kappa shape index (κ3) is 2.50. The standard InChI is InChI=1S/C8H7ClN2OS2/c9-8-7(10-11-14-8)5-13-4-6-2-1-3-12-6/h1-3H,4-5H2. The number of hydrogen-bond donors (Lipinski definition) is 0. The van der Waals surface area contributed by atoms with E-state index in [-0.39, 0.29) is 0 Å². The molecular formula is C8H7ClN2OS2. The summed E-state index contributed by atoms with van der Waals surface area (Å²) in [6.45, 7) is 0. The van der Waals surface area contributed by atoms with E-state index in [2.05, 4.69) is 9.59 Å². The molecule has 0 aliphatic rings. The van der Waals surface area contributed by atoms with Gasteiger partial charge in [-0.25, -0.2) is 0 Å². The van der Waals surface area contributed by atoms with Crippen molar-refractivity contribution >= 4 is 34.9 Å². The van der Waals surface area contributed by atoms with Gasteiger partial charge in [-0.1, -0.05) is 16.1 Å². The highest BCUT2D eigenvalue weighted by Crippen LogP contribution is 2.23. The molecule has 2 aromatic rings. The maximum Gasteiger partial charge on any atom is 0.138 e. The van der Waals surface area contributed by atoms with E-state index in [4.69, 9.17) is 16.0 Å². The number of aromatic nitrogens is 2. The van der Waals surface area contributed by atoms with Crippen molar-refractivity contribution in [2.45, 2.75) is 11.5 Å². The first-order valence-corrected chi connectivity index (χ1v) is 6.23. The van der Waals surface area contributed by atoms with Gasteiger partial charge < -0.3 is 4.42 Å². The van der Waals surface area contributed by atoms with Crippen LogP contribution < -0.4 is 0 Å². The van der Waals surface area contributed by atoms with Crippen LogP contribution in [0.3, 0.4) is 0 Å². The Bertz CT molecular complexity index is 388. The number of furan rings is 1. The van der Waals surface area contributed by atoms with Gasteiger partial charge in [-0.05, 0) is 12.1 Å². The topological polar surface area (TPSA) is 38.9 Å². The average molecular weight is 247 g/mol. The van der Waals surface area contributed by atoms with Gasteiger partial charge in [0.1, 0.15) is 15.8 Å². The Morgan fingerprint density at radius 2 is 2.43 bits per heavy atom. The monoisotopic (exact) mass is 246 g/mol. The maximum absolute atomic E-state index is 5.86. The van der Waals surface area contributed by atoms with E-state index >= 15 is 0 Å². The lowest BCUT2D eigenvalue weighted by atomic mass is 10.5. The highest BCUT2D eigenvalue weighted by Gasteiger charge is 2.05. The molecule has 2 heterocycles. The predicted octanol–water partition coefficient (Wildman–Crippen LogP) is 3.22. The molecule has 0 aliphatic heterocycles. The number of rotatable bonds is 4. The van der Waals surface area contributed by atoms with Crippen LogP contribution >= 0.6 is 34.9 Å². The van der Waals surface area contributed by atoms with Gasteiger partial charge in [0.05, 0.1) is 12.0 Å². The molecule has 0 bridgehead atoms. The van der Waals surface area contributed by atoms with E-state index in [1.165, 1.54) is 11.5 Å². The summed E-state index contributed by atoms with van der Waals surface area (Å²) < 4.78 is 9.63. The van der Waals surface area contributed by atoms with Crippen molar-refractivity contribution in [3.05, 3.63) is 34.2 Å². The van der Waals surface area contributed by atoms with Crippen molar-refractivity contribution in [2.24, 2.45) is 0 Å². The molecule has 0 aromatic carbocycles. The van der Waals surface area contributed by atoms with Crippen LogP contribution in [-0.4, -0.2) is 9.59 Å². The third-order valence-corrected chi connectivity index (χ3v) is 3.52. The minimum atomic E-state index is 0.678. The van der Waals surface area contributed by atoms with Crippen LogP contribution in [0, 0.1) is 0 Å². The van der Waals surface area contributed by atoms with Crippen LogP contribution in [0.1, 0.15) is 11.5 Å². The Hall–Kier alpha value is -0.520. The number of thioether (sulfide) groups is 1. The third-order valence-electron chi connectivity index (χ3n) is 1.57. The number of nitrogens with zero attached hydrogens (tertiary/aromatic N) is 2. The second-order valence-electron chi connectivity index (χ2n) is 2.57. The lowest BCUT2D eigenvalue weighted by Gasteiger charge is -1.95. The van der Waals surface area contributed by atoms with Gasteiger partial charge in [0.15, 0.2) is 0 Å². The fourth-order valence-corrected chi connectivity index (χ4v) is 2.59. The Balaban J connectivity index is 1.81. The maximum atomic E-state index is 5.86. The van der Waals surface area contributed by atoms with Crippen LogP contribution in [0.15, 0.2) is 22.8 Å². The lowest BCUT2D eigenvalue weighted by Crippen LogP contribution is -1.83. The first-order chi connectivity index (χ1) is 6.86. The molecule has 3 nitrogen and oxygen atoms in total. The first-order valence-electron chi connectivity index (χ1n) is 3.93. The molecule has 0 radical (unpaired) electrons. The van der Waals surface area contributed by atoms with E-state index in [1.54, 1.807) is 18.0 Å². The van der Waals surface area contributed by atoms with Crippen LogP contribution in [0.4, 0.5) is 0 Å². The van der Waals surface area contributed by atoms with Crippen LogP contribution in [-0.2, 0) is 11.5 Å². The fourth-order valence-electron chi connectivity index (χ4n) is 0.926. The normalized spacial score (nSPS) is 10.6. The average Bonchev–Trinajstić information content (AvgIpc) is 2.78. The molecule has 14 heavy (non-hydrogen) atoms. The summed E-state index contributed by atoms with van der Waals surface area (Å²) in [6.07, 6.45) is 1.67. The van der Waals surface area contributed by atoms with Crippen LogP contribution in [0.5, 0.6) is 0 Å². The van der Waals surface area contributed by atoms with E-state index in [0.717, 1.165) is 23.0 Å². The molecule has 2 aromatic heterocycles. The van der Waals surface area contributed by atoms with Crippen LogP contribution in [0.25, 0.3) is 0 Å². The quantitative estimate of drug-likeness (QED) is 0.830. The highest BCUT2D eigenvalue weighted by molar-refractivity contribution is 7.97. The lowest BCUT2D eigenvalue weighted by molar-refractivity contribution is 0.530. The molecule has 0 atom stereocenters. The van der Waals surface area contributed by atoms with Gasteiger partial charge in [-0.2, -0.15) is 0 Å². The van der Waals surface area contributed by atoms with E-state index in [1.807, 2.05) is 12.1 Å². The zero-order chi connectivity index (χ0) is 9.80. The second-order valence-corrected chi connectivity index (χ2v) is 4.91. The molecule has 0 aliphatic carbocycles. The fraction of sp³-hybridized carbons (Fsp3) is 0.250. The minimum Gasteiger partial charge on any atom is -0.468 e. The zero-order valence-corrected chi connectivity index (χ0v) is 9.53. The van der Waals surface area contributed by atoms with Crippen LogP contribution in [0.2, 0.25) is 4.34 Å². The summed E-state index contributed by atoms with van der Waals surface area (Å²) in [6, 6.07) is 3.83. The molecule has 0 amide bonds. The van der Waals surface area contributed by atoms with Crippen molar-refractivity contribution in [1.82, 2.24) is 9.59 Å². The molecule has 74 valence electrons. The molecule has 2 rings (SSSR count). The van der Waals surface area contributed by atoms with Crippen molar-refractivity contribution in [3.63, 3.8) is 0 Å². The van der Waals surface area contributed by atoms with Gasteiger partial charge in [-0.3, -0.25) is 0 Å². The molecule has 0 N–H and O–H groups in total. The van der Waals surface area contributed by atoms with Gasteiger partial charge in [0.2, 0.25) is 0 Å². The largest absolute Gasteiger partial charge is 0.468 e. The van der Waals surface area contributed by atoms with E-state index in [0.29, 0.717) is 4.34 Å². The SMILES string of the molecule is Clc1snnc1CSCc1ccco1. The summed E-state index contributed by atoms with van der Waals surface area (Å²) in [4.78, 5) is 0. The van der Waals surface area contributed by atoms with Crippen molar-refractivity contribution in [3.8, 4) is 0 Å². The minimum absolute atomic E-state index is 0.678. The zero-order valence-electron chi connectivity index (χ0n) is 7.14. The van der Waals surface area contributed by atoms with Gasteiger partial charge in [0, 0.05) is 17.3 Å². The molecule has 0 unspecified atom stereocenters. The van der Waals surface area contributed by atoms with Gasteiger partial charge in [0.25, 0.3) is 0 Å². The summed E-state index contributed by atoms with van der Waals surface area (Å²) in [5.74, 6) is 2.57. The first kappa shape index (κ1) is 10.0. The second kappa shape index (κ2) is 4.82. The molecule has 0 spiro atoms. The summed E-state index contributed by atoms with van der Waals surface area (Å²) in [5, 5.41) is 3.92. The molecule has 6 heteroatoms. The van der Waals surface area contributed by atoms with E-state index in [9.17, 15) is 0 Å². The van der Waals surface area contributed by atoms with Crippen molar-refractivity contribution < 1.29 is 4.42 Å². The van der Waals surface area contributed by atoms with Crippen molar-refractivity contribution in [1.29, 1.82) is 0 Å². The van der Waals surface area contributed by atoms with Gasteiger partial charge in [-0.15, -0.1) is 16.9 Å². The molecular weight excluding hydrogens is 240 g/mol. The molecule has 0 saturated heterocycles. The molecule has 0 fully saturated rings. The van der Waals surface area contributed by atoms with Gasteiger partial charge >= 0.3 is 0 Å². The van der Waals surface area contributed by atoms with Crippen molar-refractivity contribution in [2.75, 3.05) is 0 Å². The summed E-state index contributed by atoms with van der Waals surface area (Å²) >= 11 is 8.79. The Morgan fingerprint density at radius 3 is 3.07 bits per heavy atom. The Labute approximate surface area is 94.6 Å². The van der Waals surface area contributed by atoms with E-state index < -0.39 is 0 Å².